The zero-order valence-electron chi connectivity index (χ0n) is 13.5. The molecule has 126 valence electrons. The Kier molecular flexibility index (Phi) is 5.54. The molecule has 5 heteroatoms. The molecule has 1 saturated heterocycles. The smallest absolute Gasteiger partial charge is 0.220 e. The Hall–Kier alpha value is -2.27. The van der Waals surface area contributed by atoms with Gasteiger partial charge in [-0.1, -0.05) is 12.1 Å². The maximum atomic E-state index is 12.9. The van der Waals surface area contributed by atoms with E-state index in [1.165, 1.54) is 17.7 Å². The molecular weight excluding hydrogens is 307 g/mol. The van der Waals surface area contributed by atoms with Gasteiger partial charge in [0.1, 0.15) is 5.82 Å². The summed E-state index contributed by atoms with van der Waals surface area (Å²) < 4.78 is 18.4. The van der Waals surface area contributed by atoms with Crippen molar-refractivity contribution < 1.29 is 13.9 Å². The quantitative estimate of drug-likeness (QED) is 0.886. The molecule has 1 fully saturated rings. The molecular formula is C19H21FN2O2. The van der Waals surface area contributed by atoms with Crippen molar-refractivity contribution in [2.45, 2.75) is 25.3 Å². The number of nitrogens with one attached hydrogen (secondary N) is 1. The lowest BCUT2D eigenvalue weighted by Gasteiger charge is -2.19. The number of hydrogen-bond acceptors (Lipinski definition) is 3. The normalized spacial score (nSPS) is 20.0. The lowest BCUT2D eigenvalue weighted by Crippen LogP contribution is -2.40. The Morgan fingerprint density at radius 2 is 1.88 bits per heavy atom. The van der Waals surface area contributed by atoms with Crippen LogP contribution in [0.5, 0.6) is 0 Å². The summed E-state index contributed by atoms with van der Waals surface area (Å²) >= 11 is 0. The zero-order chi connectivity index (χ0) is 16.8. The predicted octanol–water partition coefficient (Wildman–Crippen LogP) is 2.53. The van der Waals surface area contributed by atoms with Gasteiger partial charge in [0.05, 0.1) is 19.3 Å². The van der Waals surface area contributed by atoms with Crippen LogP contribution in [0, 0.1) is 11.7 Å². The third-order valence-electron chi connectivity index (χ3n) is 4.35. The molecule has 1 aromatic heterocycles. The third-order valence-corrected chi connectivity index (χ3v) is 4.35. The fourth-order valence-corrected chi connectivity index (χ4v) is 2.97. The first-order valence-corrected chi connectivity index (χ1v) is 8.21. The number of rotatable bonds is 6. The summed E-state index contributed by atoms with van der Waals surface area (Å²) in [6.45, 7) is 1.21. The Labute approximate surface area is 141 Å². The van der Waals surface area contributed by atoms with E-state index >= 15 is 0 Å². The molecule has 1 amide bonds. The summed E-state index contributed by atoms with van der Waals surface area (Å²) in [4.78, 5) is 16.2. The van der Waals surface area contributed by atoms with Gasteiger partial charge >= 0.3 is 0 Å². The highest BCUT2D eigenvalue weighted by atomic mass is 19.1. The minimum atomic E-state index is -0.259. The van der Waals surface area contributed by atoms with Crippen molar-refractivity contribution in [2.24, 2.45) is 5.92 Å². The van der Waals surface area contributed by atoms with Crippen LogP contribution >= 0.6 is 0 Å². The second-order valence-electron chi connectivity index (χ2n) is 6.16. The number of carbonyl (C=O) groups excluding carboxylic acids is 1. The molecule has 4 nitrogen and oxygen atoms in total. The Morgan fingerprint density at radius 1 is 1.12 bits per heavy atom. The van der Waals surface area contributed by atoms with Crippen molar-refractivity contribution in [1.82, 2.24) is 10.3 Å². The summed E-state index contributed by atoms with van der Waals surface area (Å²) in [5, 5.41) is 3.08. The van der Waals surface area contributed by atoms with Crippen molar-refractivity contribution >= 4 is 5.91 Å². The van der Waals surface area contributed by atoms with Gasteiger partial charge < -0.3 is 10.1 Å². The number of aryl methyl sites for hydroxylation is 1. The molecule has 2 atom stereocenters. The molecule has 1 aliphatic rings. The number of amides is 1. The molecule has 3 rings (SSSR count). The van der Waals surface area contributed by atoms with E-state index in [1.54, 1.807) is 24.5 Å². The summed E-state index contributed by atoms with van der Waals surface area (Å²) in [5.74, 6) is 0.0296. The van der Waals surface area contributed by atoms with Crippen LogP contribution in [0.1, 0.15) is 17.5 Å². The van der Waals surface area contributed by atoms with E-state index in [1.807, 2.05) is 12.1 Å². The zero-order valence-corrected chi connectivity index (χ0v) is 13.5. The highest BCUT2D eigenvalue weighted by Crippen LogP contribution is 2.19. The summed E-state index contributed by atoms with van der Waals surface area (Å²) in [6.07, 6.45) is 5.42. The van der Waals surface area contributed by atoms with E-state index in [0.717, 1.165) is 12.0 Å². The molecule has 0 radical (unpaired) electrons. The summed E-state index contributed by atoms with van der Waals surface area (Å²) in [7, 11) is 0. The molecule has 0 bridgehead atoms. The standard InChI is InChI=1S/C19H21FN2O2/c20-17-4-1-14(2-5-17)3-6-19(23)22-18-13-24-12-16(18)11-15-7-9-21-10-8-15/h1-2,4-5,7-10,16,18H,3,6,11-13H2,(H,22,23)/t16-,18-/m1/s1. The van der Waals surface area contributed by atoms with Gasteiger partial charge in [-0.2, -0.15) is 0 Å². The third kappa shape index (κ3) is 4.61. The van der Waals surface area contributed by atoms with Crippen molar-refractivity contribution in [1.29, 1.82) is 0 Å². The first kappa shape index (κ1) is 16.6. The van der Waals surface area contributed by atoms with Gasteiger partial charge in [-0.15, -0.1) is 0 Å². The van der Waals surface area contributed by atoms with E-state index in [9.17, 15) is 9.18 Å². The average Bonchev–Trinajstić information content (AvgIpc) is 3.02. The van der Waals surface area contributed by atoms with Crippen LogP contribution in [0.2, 0.25) is 0 Å². The lowest BCUT2D eigenvalue weighted by atomic mass is 9.95. The van der Waals surface area contributed by atoms with E-state index in [0.29, 0.717) is 26.1 Å². The van der Waals surface area contributed by atoms with Crippen LogP contribution in [0.25, 0.3) is 0 Å². The van der Waals surface area contributed by atoms with Gasteiger partial charge in [-0.3, -0.25) is 9.78 Å². The van der Waals surface area contributed by atoms with Crippen molar-refractivity contribution in [2.75, 3.05) is 13.2 Å². The molecule has 2 heterocycles. The van der Waals surface area contributed by atoms with Gasteiger partial charge in [0.2, 0.25) is 5.91 Å². The van der Waals surface area contributed by atoms with Gasteiger partial charge in [-0.25, -0.2) is 4.39 Å². The molecule has 1 aliphatic heterocycles. The Morgan fingerprint density at radius 3 is 2.62 bits per heavy atom. The second-order valence-corrected chi connectivity index (χ2v) is 6.16. The molecule has 0 aliphatic carbocycles. The van der Waals surface area contributed by atoms with Crippen molar-refractivity contribution in [3.63, 3.8) is 0 Å². The Bertz CT molecular complexity index is 661. The van der Waals surface area contributed by atoms with E-state index < -0.39 is 0 Å². The minimum absolute atomic E-state index is 0.00885. The lowest BCUT2D eigenvalue weighted by molar-refractivity contribution is -0.122. The predicted molar refractivity (Wildman–Crippen MR) is 88.9 cm³/mol. The number of carbonyl (C=O) groups is 1. The molecule has 1 aromatic carbocycles. The maximum Gasteiger partial charge on any atom is 0.220 e. The van der Waals surface area contributed by atoms with Crippen molar-refractivity contribution in [3.8, 4) is 0 Å². The number of benzene rings is 1. The number of aromatic nitrogens is 1. The first-order valence-electron chi connectivity index (χ1n) is 8.21. The molecule has 0 saturated carbocycles. The number of halogens is 1. The number of hydrogen-bond donors (Lipinski definition) is 1. The summed E-state index contributed by atoms with van der Waals surface area (Å²) in [6, 6.07) is 10.3. The van der Waals surface area contributed by atoms with Crippen LogP contribution < -0.4 is 5.32 Å². The first-order chi connectivity index (χ1) is 11.7. The van der Waals surface area contributed by atoms with Gasteiger partial charge in [-0.05, 0) is 48.2 Å². The molecule has 0 spiro atoms. The second kappa shape index (κ2) is 8.02. The van der Waals surface area contributed by atoms with Crippen molar-refractivity contribution in [3.05, 3.63) is 65.7 Å². The van der Waals surface area contributed by atoms with Crippen LogP contribution in [-0.2, 0) is 22.4 Å². The largest absolute Gasteiger partial charge is 0.379 e. The van der Waals surface area contributed by atoms with E-state index in [4.69, 9.17) is 4.74 Å². The average molecular weight is 328 g/mol. The number of pyridine rings is 1. The number of nitrogens with zero attached hydrogens (tertiary/aromatic N) is 1. The fraction of sp³-hybridized carbons (Fsp3) is 0.368. The van der Waals surface area contributed by atoms with Gasteiger partial charge in [0, 0.05) is 24.7 Å². The van der Waals surface area contributed by atoms with E-state index in [-0.39, 0.29) is 23.7 Å². The van der Waals surface area contributed by atoms with Crippen LogP contribution in [0.3, 0.4) is 0 Å². The fourth-order valence-electron chi connectivity index (χ4n) is 2.97. The van der Waals surface area contributed by atoms with E-state index in [2.05, 4.69) is 10.3 Å². The molecule has 0 unspecified atom stereocenters. The SMILES string of the molecule is O=C(CCc1ccc(F)cc1)N[C@@H]1COC[C@H]1Cc1ccncc1. The van der Waals surface area contributed by atoms with Crippen LogP contribution in [0.4, 0.5) is 4.39 Å². The molecule has 24 heavy (non-hydrogen) atoms. The summed E-state index contributed by atoms with van der Waals surface area (Å²) in [5.41, 5.74) is 2.16. The van der Waals surface area contributed by atoms with Crippen LogP contribution in [0.15, 0.2) is 48.8 Å². The highest BCUT2D eigenvalue weighted by molar-refractivity contribution is 5.76. The molecule has 1 N–H and O–H groups in total. The number of ether oxygens (including phenoxy) is 1. The maximum absolute atomic E-state index is 12.9. The highest BCUT2D eigenvalue weighted by Gasteiger charge is 2.29. The topological polar surface area (TPSA) is 51.2 Å². The Balaban J connectivity index is 1.48. The van der Waals surface area contributed by atoms with Crippen LogP contribution in [-0.4, -0.2) is 30.1 Å². The van der Waals surface area contributed by atoms with Gasteiger partial charge in [0.25, 0.3) is 0 Å². The molecule has 2 aromatic rings. The monoisotopic (exact) mass is 328 g/mol. The van der Waals surface area contributed by atoms with Gasteiger partial charge in [0.15, 0.2) is 0 Å². The minimum Gasteiger partial charge on any atom is -0.379 e.